The lowest BCUT2D eigenvalue weighted by molar-refractivity contribution is -0.143. The Morgan fingerprint density at radius 1 is 0.519 bits per heavy atom. The van der Waals surface area contributed by atoms with Crippen molar-refractivity contribution < 1.29 is 24.5 Å². The molecular weight excluding hydrogens is 647 g/mol. The molecule has 2 atom stereocenters. The average molecular weight is 734 g/mol. The molecule has 6 heteroatoms. The minimum Gasteiger partial charge on any atom is -0.466 e. The summed E-state index contributed by atoms with van der Waals surface area (Å²) >= 11 is 0. The highest BCUT2D eigenvalue weighted by atomic mass is 16.5. The van der Waals surface area contributed by atoms with Gasteiger partial charge in [0.05, 0.1) is 25.4 Å². The largest absolute Gasteiger partial charge is 0.466 e. The monoisotopic (exact) mass is 734 g/mol. The van der Waals surface area contributed by atoms with E-state index in [-0.39, 0.29) is 18.5 Å². The molecule has 0 radical (unpaired) electrons. The molecule has 306 valence electrons. The molecule has 3 N–H and O–H groups in total. The Bertz CT molecular complexity index is 813. The first-order valence-electron chi connectivity index (χ1n) is 22.6. The van der Waals surface area contributed by atoms with Gasteiger partial charge in [0, 0.05) is 12.8 Å². The van der Waals surface area contributed by atoms with Gasteiger partial charge < -0.3 is 20.3 Å². The molecule has 6 nitrogen and oxygen atoms in total. The van der Waals surface area contributed by atoms with Crippen LogP contribution in [0, 0.1) is 0 Å². The maximum Gasteiger partial charge on any atom is 0.305 e. The van der Waals surface area contributed by atoms with Crippen molar-refractivity contribution in [2.75, 3.05) is 13.2 Å². The molecule has 2 unspecified atom stereocenters. The first-order chi connectivity index (χ1) is 25.5. The van der Waals surface area contributed by atoms with Crippen molar-refractivity contribution >= 4 is 11.9 Å². The highest BCUT2D eigenvalue weighted by Crippen LogP contribution is 2.14. The molecule has 0 aliphatic heterocycles. The summed E-state index contributed by atoms with van der Waals surface area (Å²) in [5, 5.41) is 22.8. The molecule has 0 aliphatic carbocycles. The van der Waals surface area contributed by atoms with Crippen molar-refractivity contribution in [3.8, 4) is 0 Å². The van der Waals surface area contributed by atoms with Gasteiger partial charge in [0.1, 0.15) is 0 Å². The predicted molar refractivity (Wildman–Crippen MR) is 223 cm³/mol. The van der Waals surface area contributed by atoms with E-state index in [1.54, 1.807) is 6.08 Å². The van der Waals surface area contributed by atoms with Gasteiger partial charge in [-0.15, -0.1) is 0 Å². The minimum atomic E-state index is -0.858. The molecule has 0 aromatic heterocycles. The molecule has 0 aromatic rings. The smallest absolute Gasteiger partial charge is 0.305 e. The van der Waals surface area contributed by atoms with Crippen LogP contribution in [0.1, 0.15) is 232 Å². The number of allylic oxidation sites excluding steroid dienone is 3. The van der Waals surface area contributed by atoms with E-state index >= 15 is 0 Å². The molecule has 52 heavy (non-hydrogen) atoms. The fourth-order valence-electron chi connectivity index (χ4n) is 6.68. The third-order valence-corrected chi connectivity index (χ3v) is 10.2. The Morgan fingerprint density at radius 3 is 1.38 bits per heavy atom. The zero-order valence-corrected chi connectivity index (χ0v) is 34.5. The first-order valence-corrected chi connectivity index (χ1v) is 22.6. The normalized spacial score (nSPS) is 12.9. The molecule has 0 fully saturated rings. The number of hydrogen-bond donors (Lipinski definition) is 3. The number of aliphatic hydroxyl groups excluding tert-OH is 2. The van der Waals surface area contributed by atoms with Crippen LogP contribution < -0.4 is 5.32 Å². The van der Waals surface area contributed by atoms with E-state index in [1.165, 1.54) is 135 Å². The van der Waals surface area contributed by atoms with Gasteiger partial charge in [-0.05, 0) is 57.8 Å². The Balaban J connectivity index is 3.51. The lowest BCUT2D eigenvalue weighted by atomic mass is 10.0. The quantitative estimate of drug-likeness (QED) is 0.0330. The zero-order chi connectivity index (χ0) is 38.0. The standard InChI is InChI=1S/C46H87NO5/c1-3-5-7-9-11-13-14-16-20-24-28-32-36-40-46(51)52-41-37-33-29-25-21-18-15-17-19-23-27-31-35-39-45(50)47-43(42-48)44(49)38-34-30-26-22-12-10-8-6-4-2/h17,19,34,38,43-44,48-49H,3-16,18,20-33,35-37,39-42H2,1-2H3,(H,47,50)/b19-17-,38-34+. The lowest BCUT2D eigenvalue weighted by Crippen LogP contribution is -2.45. The second-order valence-electron chi connectivity index (χ2n) is 15.4. The van der Waals surface area contributed by atoms with Crippen LogP contribution in [0.15, 0.2) is 24.3 Å². The second kappa shape index (κ2) is 42.1. The topological polar surface area (TPSA) is 95.9 Å². The number of unbranched alkanes of at least 4 members (excludes halogenated alkanes) is 28. The molecule has 1 amide bonds. The molecular formula is C46H87NO5. The van der Waals surface area contributed by atoms with Crippen LogP contribution in [-0.4, -0.2) is 47.4 Å². The van der Waals surface area contributed by atoms with Crippen LogP contribution in [0.4, 0.5) is 0 Å². The van der Waals surface area contributed by atoms with E-state index in [2.05, 4.69) is 31.3 Å². The summed E-state index contributed by atoms with van der Waals surface area (Å²) in [6, 6.07) is -0.644. The van der Waals surface area contributed by atoms with Gasteiger partial charge >= 0.3 is 5.97 Å². The van der Waals surface area contributed by atoms with Crippen molar-refractivity contribution in [3.63, 3.8) is 0 Å². The third-order valence-electron chi connectivity index (χ3n) is 10.2. The lowest BCUT2D eigenvalue weighted by Gasteiger charge is -2.19. The molecule has 0 saturated heterocycles. The van der Waals surface area contributed by atoms with Gasteiger partial charge in [0.25, 0.3) is 0 Å². The van der Waals surface area contributed by atoms with Crippen LogP contribution in [0.5, 0.6) is 0 Å². The highest BCUT2D eigenvalue weighted by molar-refractivity contribution is 5.76. The van der Waals surface area contributed by atoms with Gasteiger partial charge in [-0.2, -0.15) is 0 Å². The summed E-state index contributed by atoms with van der Waals surface area (Å²) < 4.78 is 5.44. The summed E-state index contributed by atoms with van der Waals surface area (Å²) in [6.07, 6.45) is 47.4. The number of aliphatic hydroxyl groups is 2. The van der Waals surface area contributed by atoms with Gasteiger partial charge in [0.2, 0.25) is 5.91 Å². The van der Waals surface area contributed by atoms with E-state index in [0.717, 1.165) is 70.6 Å². The van der Waals surface area contributed by atoms with E-state index in [1.807, 2.05) is 6.08 Å². The maximum absolute atomic E-state index is 12.3. The van der Waals surface area contributed by atoms with Crippen molar-refractivity contribution in [1.29, 1.82) is 0 Å². The molecule has 0 rings (SSSR count). The first kappa shape index (κ1) is 50.3. The van der Waals surface area contributed by atoms with Gasteiger partial charge in [-0.3, -0.25) is 9.59 Å². The molecule has 0 bridgehead atoms. The molecule has 0 aromatic carbocycles. The fraction of sp³-hybridized carbons (Fsp3) is 0.870. The number of carbonyl (C=O) groups is 2. The number of rotatable bonds is 41. The van der Waals surface area contributed by atoms with Gasteiger partial charge in [-0.1, -0.05) is 186 Å². The van der Waals surface area contributed by atoms with Crippen LogP contribution in [0.2, 0.25) is 0 Å². The molecule has 0 saturated carbocycles. The number of hydrogen-bond acceptors (Lipinski definition) is 5. The minimum absolute atomic E-state index is 0.0137. The Kier molecular flexibility index (Phi) is 40.7. The molecule has 0 spiro atoms. The Morgan fingerprint density at radius 2 is 0.904 bits per heavy atom. The Hall–Kier alpha value is -1.66. The molecule has 0 heterocycles. The molecule has 0 aliphatic rings. The van der Waals surface area contributed by atoms with Crippen LogP contribution in [0.3, 0.4) is 0 Å². The summed E-state index contributed by atoms with van der Waals surface area (Å²) in [6.45, 7) is 4.82. The maximum atomic E-state index is 12.3. The van der Waals surface area contributed by atoms with E-state index in [0.29, 0.717) is 19.4 Å². The zero-order valence-electron chi connectivity index (χ0n) is 34.5. The summed E-state index contributed by atoms with van der Waals surface area (Å²) in [5.74, 6) is -0.115. The van der Waals surface area contributed by atoms with Crippen molar-refractivity contribution in [2.24, 2.45) is 0 Å². The highest BCUT2D eigenvalue weighted by Gasteiger charge is 2.17. The summed E-state index contributed by atoms with van der Waals surface area (Å²) in [4.78, 5) is 24.3. The average Bonchev–Trinajstić information content (AvgIpc) is 3.14. The van der Waals surface area contributed by atoms with E-state index in [9.17, 15) is 19.8 Å². The van der Waals surface area contributed by atoms with E-state index in [4.69, 9.17) is 4.74 Å². The van der Waals surface area contributed by atoms with Crippen molar-refractivity contribution in [1.82, 2.24) is 5.32 Å². The third kappa shape index (κ3) is 38.1. The summed E-state index contributed by atoms with van der Waals surface area (Å²) in [5.41, 5.74) is 0. The summed E-state index contributed by atoms with van der Waals surface area (Å²) in [7, 11) is 0. The number of nitrogens with one attached hydrogen (secondary N) is 1. The van der Waals surface area contributed by atoms with E-state index < -0.39 is 12.1 Å². The van der Waals surface area contributed by atoms with Crippen LogP contribution in [0.25, 0.3) is 0 Å². The van der Waals surface area contributed by atoms with Crippen molar-refractivity contribution in [2.45, 2.75) is 244 Å². The van der Waals surface area contributed by atoms with Gasteiger partial charge in [-0.25, -0.2) is 0 Å². The predicted octanol–water partition coefficient (Wildman–Crippen LogP) is 12.8. The number of ether oxygens (including phenoxy) is 1. The van der Waals surface area contributed by atoms with Gasteiger partial charge in [0.15, 0.2) is 0 Å². The SMILES string of the molecule is CCCCCCCCC/C=C/C(O)C(CO)NC(=O)CCCCC/C=C\CCCCCCCCOC(=O)CCCCCCCCCCCCCCC. The van der Waals surface area contributed by atoms with Crippen LogP contribution >= 0.6 is 0 Å². The fourth-order valence-corrected chi connectivity index (χ4v) is 6.68. The van der Waals surface area contributed by atoms with Crippen molar-refractivity contribution in [3.05, 3.63) is 24.3 Å². The van der Waals surface area contributed by atoms with Crippen LogP contribution in [-0.2, 0) is 14.3 Å². The number of esters is 1. The number of carbonyl (C=O) groups excluding carboxylic acids is 2. The number of amides is 1. The Labute approximate surface area is 322 Å². The second-order valence-corrected chi connectivity index (χ2v) is 15.4.